The van der Waals surface area contributed by atoms with Crippen molar-refractivity contribution in [2.45, 2.75) is 102 Å². The van der Waals surface area contributed by atoms with Crippen molar-refractivity contribution >= 4 is 10.1 Å². The molecule has 1 aromatic rings. The number of unbranched alkanes of at least 4 members (excludes halogenated alkanes) is 13. The summed E-state index contributed by atoms with van der Waals surface area (Å²) in [6.45, 7) is 3.16. The van der Waals surface area contributed by atoms with Gasteiger partial charge < -0.3 is 5.73 Å². The summed E-state index contributed by atoms with van der Waals surface area (Å²) in [5.74, 6) is 0. The quantitative estimate of drug-likeness (QED) is 0.265. The van der Waals surface area contributed by atoms with Crippen LogP contribution in [-0.2, 0) is 10.1 Å². The van der Waals surface area contributed by atoms with Crippen molar-refractivity contribution in [3.8, 4) is 0 Å². The zero-order valence-corrected chi connectivity index (χ0v) is 18.1. The minimum atomic E-state index is -4.00. The average molecular weight is 400 g/mol. The van der Waals surface area contributed by atoms with E-state index in [1.165, 1.54) is 102 Å². The molecular weight excluding hydrogens is 358 g/mol. The molecular formula is C22H41NO3S. The predicted octanol–water partition coefficient (Wildman–Crippen LogP) is 6.36. The molecule has 0 aromatic heterocycles. The first-order chi connectivity index (χ1) is 13.0. The molecule has 0 spiro atoms. The molecule has 0 unspecified atom stereocenters. The second-order valence-corrected chi connectivity index (χ2v) is 8.59. The third-order valence-electron chi connectivity index (χ3n) is 4.60. The van der Waals surface area contributed by atoms with Gasteiger partial charge in [-0.25, -0.2) is 0 Å². The van der Waals surface area contributed by atoms with E-state index < -0.39 is 10.1 Å². The number of nitrogens with two attached hydrogens (primary N) is 1. The van der Waals surface area contributed by atoms with Crippen LogP contribution in [0.4, 0.5) is 0 Å². The van der Waals surface area contributed by atoms with Crippen molar-refractivity contribution in [2.75, 3.05) is 6.54 Å². The first-order valence-electron chi connectivity index (χ1n) is 10.7. The zero-order valence-electron chi connectivity index (χ0n) is 17.2. The van der Waals surface area contributed by atoms with Gasteiger partial charge in [-0.2, -0.15) is 8.42 Å². The number of rotatable bonds is 15. The molecule has 0 fully saturated rings. The van der Waals surface area contributed by atoms with Crippen molar-refractivity contribution < 1.29 is 13.0 Å². The monoisotopic (exact) mass is 399 g/mol. The summed E-state index contributed by atoms with van der Waals surface area (Å²) in [5.41, 5.74) is 5.47. The fraction of sp³-hybridized carbons (Fsp3) is 0.727. The molecule has 1 aromatic carbocycles. The topological polar surface area (TPSA) is 80.4 Å². The molecule has 27 heavy (non-hydrogen) atoms. The second kappa shape index (κ2) is 18.5. The van der Waals surface area contributed by atoms with E-state index in [1.807, 2.05) is 0 Å². The maximum Gasteiger partial charge on any atom is 0.294 e. The molecule has 0 bridgehead atoms. The van der Waals surface area contributed by atoms with Crippen LogP contribution in [0, 0.1) is 0 Å². The van der Waals surface area contributed by atoms with Crippen LogP contribution in [-0.4, -0.2) is 19.5 Å². The summed E-state index contributed by atoms with van der Waals surface area (Å²) < 4.78 is 29.2. The highest BCUT2D eigenvalue weighted by atomic mass is 32.2. The molecule has 0 heterocycles. The lowest BCUT2D eigenvalue weighted by atomic mass is 10.0. The van der Waals surface area contributed by atoms with E-state index in [0.717, 1.165) is 6.54 Å². The lowest BCUT2D eigenvalue weighted by Gasteiger charge is -2.02. The van der Waals surface area contributed by atoms with E-state index >= 15 is 0 Å². The van der Waals surface area contributed by atoms with Crippen LogP contribution in [0.2, 0.25) is 0 Å². The second-order valence-electron chi connectivity index (χ2n) is 7.17. The van der Waals surface area contributed by atoms with Crippen LogP contribution in [0.5, 0.6) is 0 Å². The Hall–Kier alpha value is -0.910. The van der Waals surface area contributed by atoms with Crippen molar-refractivity contribution in [3.05, 3.63) is 30.3 Å². The van der Waals surface area contributed by atoms with Crippen LogP contribution < -0.4 is 5.73 Å². The zero-order chi connectivity index (χ0) is 20.2. The maximum absolute atomic E-state index is 10.4. The van der Waals surface area contributed by atoms with E-state index in [2.05, 4.69) is 6.92 Å². The van der Waals surface area contributed by atoms with Gasteiger partial charge in [-0.1, -0.05) is 109 Å². The van der Waals surface area contributed by atoms with E-state index in [4.69, 9.17) is 10.3 Å². The van der Waals surface area contributed by atoms with E-state index in [1.54, 1.807) is 18.2 Å². The molecule has 5 heteroatoms. The molecule has 0 atom stereocenters. The summed E-state index contributed by atoms with van der Waals surface area (Å²) >= 11 is 0. The predicted molar refractivity (Wildman–Crippen MR) is 116 cm³/mol. The smallest absolute Gasteiger partial charge is 0.294 e. The maximum atomic E-state index is 10.4. The Bertz CT molecular complexity index is 504. The molecule has 0 amide bonds. The van der Waals surface area contributed by atoms with Gasteiger partial charge in [-0.05, 0) is 25.1 Å². The van der Waals surface area contributed by atoms with Crippen molar-refractivity contribution in [3.63, 3.8) is 0 Å². The lowest BCUT2D eigenvalue weighted by Crippen LogP contribution is -1.97. The molecule has 0 aliphatic carbocycles. The minimum Gasteiger partial charge on any atom is -0.330 e. The number of hydrogen-bond acceptors (Lipinski definition) is 3. The molecule has 3 N–H and O–H groups in total. The molecule has 0 radical (unpaired) electrons. The highest BCUT2D eigenvalue weighted by molar-refractivity contribution is 7.85. The van der Waals surface area contributed by atoms with E-state index in [0.29, 0.717) is 0 Å². The number of benzene rings is 1. The molecule has 1 rings (SSSR count). The Kier molecular flexibility index (Phi) is 17.8. The first-order valence-corrected chi connectivity index (χ1v) is 12.2. The summed E-state index contributed by atoms with van der Waals surface area (Å²) in [4.78, 5) is -0.0741. The van der Waals surface area contributed by atoms with Crippen molar-refractivity contribution in [1.29, 1.82) is 0 Å². The molecule has 0 aliphatic rings. The largest absolute Gasteiger partial charge is 0.330 e. The third-order valence-corrected chi connectivity index (χ3v) is 5.47. The lowest BCUT2D eigenvalue weighted by molar-refractivity contribution is 0.483. The Labute approximate surface area is 167 Å². The van der Waals surface area contributed by atoms with Gasteiger partial charge in [0.25, 0.3) is 10.1 Å². The van der Waals surface area contributed by atoms with Gasteiger partial charge in [0.05, 0.1) is 4.90 Å². The minimum absolute atomic E-state index is 0.0741. The molecule has 158 valence electrons. The van der Waals surface area contributed by atoms with Gasteiger partial charge in [-0.3, -0.25) is 4.55 Å². The van der Waals surface area contributed by atoms with Gasteiger partial charge in [-0.15, -0.1) is 0 Å². The van der Waals surface area contributed by atoms with Crippen molar-refractivity contribution in [1.82, 2.24) is 0 Å². The Morgan fingerprint density at radius 3 is 1.37 bits per heavy atom. The fourth-order valence-corrected chi connectivity index (χ4v) is 3.43. The van der Waals surface area contributed by atoms with Crippen LogP contribution in [0.25, 0.3) is 0 Å². The fourth-order valence-electron chi connectivity index (χ4n) is 2.93. The third kappa shape index (κ3) is 18.2. The highest BCUT2D eigenvalue weighted by Gasteiger charge is 2.05. The van der Waals surface area contributed by atoms with Gasteiger partial charge in [0.2, 0.25) is 0 Å². The van der Waals surface area contributed by atoms with Crippen LogP contribution in [0.15, 0.2) is 35.2 Å². The Balaban J connectivity index is 0.000000569. The molecule has 4 nitrogen and oxygen atoms in total. The van der Waals surface area contributed by atoms with Crippen LogP contribution in [0.3, 0.4) is 0 Å². The van der Waals surface area contributed by atoms with E-state index in [-0.39, 0.29) is 4.90 Å². The molecule has 0 saturated heterocycles. The first kappa shape index (κ1) is 26.1. The SMILES string of the molecule is CCCCCCCCCCCCCCCCN.O=S(=O)(O)c1ccccc1. The molecule has 0 aliphatic heterocycles. The van der Waals surface area contributed by atoms with Crippen molar-refractivity contribution in [2.24, 2.45) is 5.73 Å². The summed E-state index contributed by atoms with van der Waals surface area (Å²) in [6.07, 6.45) is 19.9. The van der Waals surface area contributed by atoms with Gasteiger partial charge >= 0.3 is 0 Å². The van der Waals surface area contributed by atoms with Gasteiger partial charge in [0, 0.05) is 0 Å². The van der Waals surface area contributed by atoms with E-state index in [9.17, 15) is 8.42 Å². The number of hydrogen-bond donors (Lipinski definition) is 2. The van der Waals surface area contributed by atoms with Crippen LogP contribution >= 0.6 is 0 Å². The molecule has 0 saturated carbocycles. The summed E-state index contributed by atoms with van der Waals surface area (Å²) in [7, 11) is -4.00. The Morgan fingerprint density at radius 1 is 0.704 bits per heavy atom. The summed E-state index contributed by atoms with van der Waals surface area (Å²) in [6, 6.07) is 7.42. The normalized spacial score (nSPS) is 11.1. The van der Waals surface area contributed by atoms with Crippen LogP contribution in [0.1, 0.15) is 96.8 Å². The van der Waals surface area contributed by atoms with Gasteiger partial charge in [0.15, 0.2) is 0 Å². The highest BCUT2D eigenvalue weighted by Crippen LogP contribution is 2.12. The summed E-state index contributed by atoms with van der Waals surface area (Å²) in [5, 5.41) is 0. The standard InChI is InChI=1S/C16H35N.C6H6O3S/c1-2-3-4-5-6-7-8-9-10-11-12-13-14-15-16-17;7-10(8,9)6-4-2-1-3-5-6/h2-17H2,1H3;1-5H,(H,7,8,9). The van der Waals surface area contributed by atoms with Gasteiger partial charge in [0.1, 0.15) is 0 Å². The average Bonchev–Trinajstić information content (AvgIpc) is 2.66. The Morgan fingerprint density at radius 2 is 1.07 bits per heavy atom.